The minimum Gasteiger partial charge on any atom is -0.360 e. The lowest BCUT2D eigenvalue weighted by molar-refractivity contribution is 0.0953. The van der Waals surface area contributed by atoms with E-state index in [1.165, 1.54) is 22.5 Å². The third-order valence-corrected chi connectivity index (χ3v) is 3.97. The Morgan fingerprint density at radius 1 is 1.24 bits per heavy atom. The molecule has 1 amide bonds. The second kappa shape index (κ2) is 7.73. The van der Waals surface area contributed by atoms with E-state index in [-0.39, 0.29) is 5.91 Å². The maximum absolute atomic E-state index is 12.0. The highest BCUT2D eigenvalue weighted by Crippen LogP contribution is 2.14. The quantitative estimate of drug-likeness (QED) is 0.825. The molecule has 0 aliphatic rings. The Balaban J connectivity index is 1.82. The van der Waals surface area contributed by atoms with Gasteiger partial charge in [0.15, 0.2) is 0 Å². The summed E-state index contributed by atoms with van der Waals surface area (Å²) in [5.74, 6) is -0.161. The van der Waals surface area contributed by atoms with Gasteiger partial charge in [-0.1, -0.05) is 42.5 Å². The van der Waals surface area contributed by atoms with Crippen LogP contribution in [0, 0.1) is 6.92 Å². The van der Waals surface area contributed by atoms with Crippen molar-refractivity contribution in [3.05, 3.63) is 40.4 Å². The number of anilines is 1. The van der Waals surface area contributed by atoms with Gasteiger partial charge in [-0.05, 0) is 30.9 Å². The maximum atomic E-state index is 12.0. The number of amides is 1. The summed E-state index contributed by atoms with van der Waals surface area (Å²) in [6.07, 6.45) is 1.83. The number of nitrogens with one attached hydrogen (secondary N) is 2. The summed E-state index contributed by atoms with van der Waals surface area (Å²) >= 11 is 1.28. The van der Waals surface area contributed by atoms with E-state index in [1.807, 2.05) is 12.1 Å². The van der Waals surface area contributed by atoms with Gasteiger partial charge in [0.1, 0.15) is 0 Å². The Bertz CT molecular complexity index is 597. The molecule has 2 rings (SSSR count). The molecule has 5 nitrogen and oxygen atoms in total. The summed E-state index contributed by atoms with van der Waals surface area (Å²) in [7, 11) is 0. The molecule has 2 N–H and O–H groups in total. The molecule has 6 heteroatoms. The number of hydrogen-bond acceptors (Lipinski definition) is 5. The zero-order valence-electron chi connectivity index (χ0n) is 12.3. The zero-order valence-corrected chi connectivity index (χ0v) is 13.2. The summed E-state index contributed by atoms with van der Waals surface area (Å²) in [5, 5.41) is 15.0. The second-order valence-electron chi connectivity index (χ2n) is 4.77. The zero-order chi connectivity index (χ0) is 15.1. The molecule has 0 atom stereocenters. The fraction of sp³-hybridized carbons (Fsp3) is 0.400. The van der Waals surface area contributed by atoms with Gasteiger partial charge in [0.25, 0.3) is 5.91 Å². The second-order valence-corrected chi connectivity index (χ2v) is 5.75. The van der Waals surface area contributed by atoms with Crippen LogP contribution in [0.2, 0.25) is 0 Å². The average molecular weight is 304 g/mol. The van der Waals surface area contributed by atoms with E-state index in [2.05, 4.69) is 46.8 Å². The van der Waals surface area contributed by atoms with Crippen LogP contribution in [0.3, 0.4) is 0 Å². The summed E-state index contributed by atoms with van der Waals surface area (Å²) in [6, 6.07) is 8.19. The van der Waals surface area contributed by atoms with Crippen molar-refractivity contribution in [3.8, 4) is 0 Å². The van der Waals surface area contributed by atoms with E-state index in [1.54, 1.807) is 0 Å². The fourth-order valence-electron chi connectivity index (χ4n) is 1.90. The monoisotopic (exact) mass is 304 g/mol. The van der Waals surface area contributed by atoms with Crippen LogP contribution >= 0.6 is 11.3 Å². The first-order chi connectivity index (χ1) is 10.2. The van der Waals surface area contributed by atoms with Crippen LogP contribution in [0.5, 0.6) is 0 Å². The summed E-state index contributed by atoms with van der Waals surface area (Å²) in [6.45, 7) is 5.59. The van der Waals surface area contributed by atoms with Crippen molar-refractivity contribution in [1.82, 2.24) is 15.5 Å². The lowest BCUT2D eigenvalue weighted by atomic mass is 10.1. The highest BCUT2D eigenvalue weighted by atomic mass is 32.1. The molecule has 0 aliphatic heterocycles. The normalized spacial score (nSPS) is 10.4. The number of carbonyl (C=O) groups excluding carboxylic acids is 1. The Morgan fingerprint density at radius 3 is 2.81 bits per heavy atom. The minimum atomic E-state index is -0.161. The highest BCUT2D eigenvalue weighted by molar-refractivity contribution is 7.17. The molecule has 2 aromatic rings. The van der Waals surface area contributed by atoms with E-state index in [4.69, 9.17) is 0 Å². The standard InChI is InChI=1S/C15H20N4OS/c1-3-9-17-15-19-18-14(21-15)13(20)16-10-8-12-7-5-4-6-11(12)2/h4-7H,3,8-10H2,1-2H3,(H,16,20)(H,17,19). The van der Waals surface area contributed by atoms with Gasteiger partial charge in [0.2, 0.25) is 10.1 Å². The van der Waals surface area contributed by atoms with E-state index in [0.29, 0.717) is 16.7 Å². The van der Waals surface area contributed by atoms with Crippen molar-refractivity contribution in [3.63, 3.8) is 0 Å². The number of nitrogens with zero attached hydrogens (tertiary/aromatic N) is 2. The third-order valence-electron chi connectivity index (χ3n) is 3.09. The van der Waals surface area contributed by atoms with Crippen LogP contribution in [0.1, 0.15) is 34.3 Å². The summed E-state index contributed by atoms with van der Waals surface area (Å²) < 4.78 is 0. The van der Waals surface area contributed by atoms with E-state index in [9.17, 15) is 4.79 Å². The van der Waals surface area contributed by atoms with Crippen molar-refractivity contribution < 1.29 is 4.79 Å². The molecule has 21 heavy (non-hydrogen) atoms. The minimum absolute atomic E-state index is 0.161. The molecule has 0 spiro atoms. The molecule has 0 unspecified atom stereocenters. The Labute approximate surface area is 128 Å². The van der Waals surface area contributed by atoms with Crippen LogP contribution in [0.4, 0.5) is 5.13 Å². The van der Waals surface area contributed by atoms with Gasteiger partial charge in [0, 0.05) is 13.1 Å². The first kappa shape index (κ1) is 15.4. The molecule has 0 saturated carbocycles. The Kier molecular flexibility index (Phi) is 5.68. The van der Waals surface area contributed by atoms with Gasteiger partial charge < -0.3 is 10.6 Å². The molecular formula is C15H20N4OS. The number of rotatable bonds is 7. The van der Waals surface area contributed by atoms with Crippen molar-refractivity contribution in [1.29, 1.82) is 0 Å². The van der Waals surface area contributed by atoms with Gasteiger partial charge in [0.05, 0.1) is 0 Å². The summed E-state index contributed by atoms with van der Waals surface area (Å²) in [4.78, 5) is 12.0. The molecule has 0 radical (unpaired) electrons. The molecule has 0 bridgehead atoms. The van der Waals surface area contributed by atoms with Crippen LogP contribution in [0.15, 0.2) is 24.3 Å². The molecule has 0 aliphatic carbocycles. The highest BCUT2D eigenvalue weighted by Gasteiger charge is 2.12. The fourth-order valence-corrected chi connectivity index (χ4v) is 2.58. The molecule has 1 heterocycles. The van der Waals surface area contributed by atoms with Crippen LogP contribution < -0.4 is 10.6 Å². The van der Waals surface area contributed by atoms with Gasteiger partial charge >= 0.3 is 0 Å². The lowest BCUT2D eigenvalue weighted by Crippen LogP contribution is -2.25. The topological polar surface area (TPSA) is 66.9 Å². The summed E-state index contributed by atoms with van der Waals surface area (Å²) in [5.41, 5.74) is 2.49. The molecular weight excluding hydrogens is 284 g/mol. The molecule has 0 saturated heterocycles. The molecule has 1 aromatic heterocycles. The predicted octanol–water partition coefficient (Wildman–Crippen LogP) is 2.64. The number of hydrogen-bond donors (Lipinski definition) is 2. The van der Waals surface area contributed by atoms with Crippen molar-refractivity contribution in [2.24, 2.45) is 0 Å². The SMILES string of the molecule is CCCNc1nnc(C(=O)NCCc2ccccc2C)s1. The average Bonchev–Trinajstić information content (AvgIpc) is 2.96. The van der Waals surface area contributed by atoms with Gasteiger partial charge in [-0.2, -0.15) is 0 Å². The van der Waals surface area contributed by atoms with Crippen molar-refractivity contribution in [2.45, 2.75) is 26.7 Å². The maximum Gasteiger partial charge on any atom is 0.282 e. The predicted molar refractivity (Wildman–Crippen MR) is 85.9 cm³/mol. The molecule has 112 valence electrons. The van der Waals surface area contributed by atoms with Gasteiger partial charge in [-0.3, -0.25) is 4.79 Å². The largest absolute Gasteiger partial charge is 0.360 e. The smallest absolute Gasteiger partial charge is 0.282 e. The molecule has 0 fully saturated rings. The first-order valence-corrected chi connectivity index (χ1v) is 7.92. The van der Waals surface area contributed by atoms with Crippen molar-refractivity contribution >= 4 is 22.4 Å². The van der Waals surface area contributed by atoms with E-state index in [0.717, 1.165) is 19.4 Å². The van der Waals surface area contributed by atoms with Gasteiger partial charge in [-0.25, -0.2) is 0 Å². The number of aromatic nitrogens is 2. The Hall–Kier alpha value is -1.95. The van der Waals surface area contributed by atoms with Gasteiger partial charge in [-0.15, -0.1) is 10.2 Å². The van der Waals surface area contributed by atoms with Crippen LogP contribution in [-0.4, -0.2) is 29.2 Å². The first-order valence-electron chi connectivity index (χ1n) is 7.10. The van der Waals surface area contributed by atoms with Crippen LogP contribution in [-0.2, 0) is 6.42 Å². The molecule has 1 aromatic carbocycles. The van der Waals surface area contributed by atoms with Crippen LogP contribution in [0.25, 0.3) is 0 Å². The lowest BCUT2D eigenvalue weighted by Gasteiger charge is -2.05. The van der Waals surface area contributed by atoms with E-state index < -0.39 is 0 Å². The number of aryl methyl sites for hydroxylation is 1. The van der Waals surface area contributed by atoms with E-state index >= 15 is 0 Å². The Morgan fingerprint density at radius 2 is 2.05 bits per heavy atom. The third kappa shape index (κ3) is 4.53. The number of carbonyl (C=O) groups is 1. The number of benzene rings is 1. The van der Waals surface area contributed by atoms with Crippen molar-refractivity contribution in [2.75, 3.05) is 18.4 Å².